The van der Waals surface area contributed by atoms with Crippen LogP contribution in [0.5, 0.6) is 0 Å². The van der Waals surface area contributed by atoms with Gasteiger partial charge < -0.3 is 5.32 Å². The molecule has 0 unspecified atom stereocenters. The fraction of sp³-hybridized carbons (Fsp3) is 0.333. The first-order valence-corrected chi connectivity index (χ1v) is 5.53. The van der Waals surface area contributed by atoms with Gasteiger partial charge in [0.2, 0.25) is 0 Å². The standard InChI is InChI=1S/C9H12.C6H11N/c1-7-4-8(2)6-9(3)5-7;1-4-5-6(2)7-3/h4-6H,1-3H3;4-5,7H,2H2,1,3H3/b;5-4-. The number of aryl methyl sites for hydroxylation is 3. The summed E-state index contributed by atoms with van der Waals surface area (Å²) in [7, 11) is 1.85. The van der Waals surface area contributed by atoms with Crippen LogP contribution in [0.4, 0.5) is 0 Å². The molecule has 0 bridgehead atoms. The van der Waals surface area contributed by atoms with Crippen molar-refractivity contribution in [2.75, 3.05) is 7.05 Å². The third-order valence-electron chi connectivity index (χ3n) is 2.05. The van der Waals surface area contributed by atoms with Crippen LogP contribution in [0, 0.1) is 20.8 Å². The molecule has 1 heteroatoms. The highest BCUT2D eigenvalue weighted by Crippen LogP contribution is 2.06. The molecule has 1 rings (SSSR count). The van der Waals surface area contributed by atoms with E-state index in [0.29, 0.717) is 0 Å². The highest BCUT2D eigenvalue weighted by atomic mass is 14.8. The molecule has 1 nitrogen and oxygen atoms in total. The Morgan fingerprint density at radius 3 is 1.62 bits per heavy atom. The van der Waals surface area contributed by atoms with E-state index in [1.54, 1.807) is 0 Å². The molecule has 0 atom stereocenters. The van der Waals surface area contributed by atoms with Gasteiger partial charge in [-0.05, 0) is 33.8 Å². The van der Waals surface area contributed by atoms with Gasteiger partial charge in [-0.1, -0.05) is 47.5 Å². The van der Waals surface area contributed by atoms with Gasteiger partial charge in [-0.15, -0.1) is 0 Å². The molecule has 0 amide bonds. The van der Waals surface area contributed by atoms with Crippen molar-refractivity contribution in [3.63, 3.8) is 0 Å². The molecule has 0 aromatic heterocycles. The van der Waals surface area contributed by atoms with Gasteiger partial charge in [0.05, 0.1) is 0 Å². The minimum Gasteiger partial charge on any atom is -0.389 e. The minimum atomic E-state index is 0.947. The molecule has 0 aliphatic carbocycles. The molecule has 0 saturated carbocycles. The maximum absolute atomic E-state index is 3.66. The zero-order valence-corrected chi connectivity index (χ0v) is 11.1. The fourth-order valence-corrected chi connectivity index (χ4v) is 1.49. The molecule has 0 aliphatic rings. The summed E-state index contributed by atoms with van der Waals surface area (Å²) >= 11 is 0. The molecule has 0 radical (unpaired) electrons. The third-order valence-corrected chi connectivity index (χ3v) is 2.05. The molecule has 1 aromatic carbocycles. The van der Waals surface area contributed by atoms with Crippen molar-refractivity contribution < 1.29 is 0 Å². The number of hydrogen-bond acceptors (Lipinski definition) is 1. The van der Waals surface area contributed by atoms with Crippen molar-refractivity contribution in [1.29, 1.82) is 0 Å². The Morgan fingerprint density at radius 1 is 1.06 bits per heavy atom. The van der Waals surface area contributed by atoms with E-state index in [1.807, 2.05) is 26.1 Å². The third kappa shape index (κ3) is 6.88. The number of hydrogen-bond donors (Lipinski definition) is 1. The SMILES string of the molecule is C=C(/C=C\C)NC.Cc1cc(C)cc(C)c1. The van der Waals surface area contributed by atoms with E-state index in [0.717, 1.165) is 5.70 Å². The summed E-state index contributed by atoms with van der Waals surface area (Å²) in [6, 6.07) is 6.56. The number of nitrogens with one attached hydrogen (secondary N) is 1. The molecule has 16 heavy (non-hydrogen) atoms. The first kappa shape index (κ1) is 14.5. The summed E-state index contributed by atoms with van der Waals surface area (Å²) < 4.78 is 0. The second-order valence-electron chi connectivity index (χ2n) is 3.94. The lowest BCUT2D eigenvalue weighted by Gasteiger charge is -1.96. The van der Waals surface area contributed by atoms with Crippen LogP contribution in [0.15, 0.2) is 42.6 Å². The summed E-state index contributed by atoms with van der Waals surface area (Å²) in [5.74, 6) is 0. The zero-order chi connectivity index (χ0) is 12.6. The quantitative estimate of drug-likeness (QED) is 0.741. The maximum atomic E-state index is 3.66. The minimum absolute atomic E-state index is 0.947. The molecule has 0 aliphatic heterocycles. The Bertz CT molecular complexity index is 311. The summed E-state index contributed by atoms with van der Waals surface area (Å²) in [5.41, 5.74) is 5.01. The molecule has 0 fully saturated rings. The first-order chi connectivity index (χ1) is 7.49. The van der Waals surface area contributed by atoms with Crippen LogP contribution in [0.25, 0.3) is 0 Å². The van der Waals surface area contributed by atoms with Crippen LogP contribution < -0.4 is 5.32 Å². The number of allylic oxidation sites excluding steroid dienone is 2. The van der Waals surface area contributed by atoms with Gasteiger partial charge in [0.1, 0.15) is 0 Å². The van der Waals surface area contributed by atoms with Crippen molar-refractivity contribution in [1.82, 2.24) is 5.32 Å². The van der Waals surface area contributed by atoms with Gasteiger partial charge >= 0.3 is 0 Å². The van der Waals surface area contributed by atoms with Gasteiger partial charge in [0.15, 0.2) is 0 Å². The molecule has 88 valence electrons. The summed E-state index contributed by atoms with van der Waals surface area (Å²) in [6.07, 6.45) is 3.86. The van der Waals surface area contributed by atoms with Crippen molar-refractivity contribution in [3.05, 3.63) is 59.3 Å². The van der Waals surface area contributed by atoms with Gasteiger partial charge in [0.25, 0.3) is 0 Å². The largest absolute Gasteiger partial charge is 0.389 e. The zero-order valence-electron chi connectivity index (χ0n) is 11.1. The van der Waals surface area contributed by atoms with Crippen LogP contribution >= 0.6 is 0 Å². The van der Waals surface area contributed by atoms with Crippen molar-refractivity contribution in [2.24, 2.45) is 0 Å². The van der Waals surface area contributed by atoms with Crippen LogP contribution in [-0.2, 0) is 0 Å². The van der Waals surface area contributed by atoms with E-state index < -0.39 is 0 Å². The predicted octanol–water partition coefficient (Wildman–Crippen LogP) is 3.91. The average molecular weight is 217 g/mol. The monoisotopic (exact) mass is 217 g/mol. The smallest absolute Gasteiger partial charge is 0.0261 e. The van der Waals surface area contributed by atoms with Crippen LogP contribution in [0.3, 0.4) is 0 Å². The van der Waals surface area contributed by atoms with E-state index >= 15 is 0 Å². The summed E-state index contributed by atoms with van der Waals surface area (Å²) in [4.78, 5) is 0. The van der Waals surface area contributed by atoms with Gasteiger partial charge in [-0.2, -0.15) is 0 Å². The summed E-state index contributed by atoms with van der Waals surface area (Å²) in [6.45, 7) is 12.0. The highest BCUT2D eigenvalue weighted by Gasteiger charge is 1.87. The molecular formula is C15H23N. The number of benzene rings is 1. The Morgan fingerprint density at radius 2 is 1.44 bits per heavy atom. The van der Waals surface area contributed by atoms with Crippen LogP contribution in [-0.4, -0.2) is 7.05 Å². The first-order valence-electron chi connectivity index (χ1n) is 5.53. The van der Waals surface area contributed by atoms with E-state index in [-0.39, 0.29) is 0 Å². The van der Waals surface area contributed by atoms with E-state index in [2.05, 4.69) is 50.9 Å². The lowest BCUT2D eigenvalue weighted by molar-refractivity contribution is 1.04. The van der Waals surface area contributed by atoms with Crippen molar-refractivity contribution >= 4 is 0 Å². The van der Waals surface area contributed by atoms with Gasteiger partial charge in [-0.3, -0.25) is 0 Å². The van der Waals surface area contributed by atoms with Crippen LogP contribution in [0.1, 0.15) is 23.6 Å². The molecule has 0 saturated heterocycles. The Balaban J connectivity index is 0.000000293. The fourth-order valence-electron chi connectivity index (χ4n) is 1.49. The van der Waals surface area contributed by atoms with E-state index in [4.69, 9.17) is 0 Å². The molecule has 1 N–H and O–H groups in total. The van der Waals surface area contributed by atoms with Gasteiger partial charge in [-0.25, -0.2) is 0 Å². The Kier molecular flexibility index (Phi) is 7.02. The average Bonchev–Trinajstić information content (AvgIpc) is 2.16. The molecule has 0 spiro atoms. The topological polar surface area (TPSA) is 12.0 Å². The van der Waals surface area contributed by atoms with Gasteiger partial charge in [0, 0.05) is 12.7 Å². The number of likely N-dealkylation sites (N-methyl/N-ethyl adjacent to an activating group) is 1. The molecule has 0 heterocycles. The molecule has 1 aromatic rings. The summed E-state index contributed by atoms with van der Waals surface area (Å²) in [5, 5.41) is 2.88. The predicted molar refractivity (Wildman–Crippen MR) is 73.7 cm³/mol. The lowest BCUT2D eigenvalue weighted by Crippen LogP contribution is -1.99. The molecular weight excluding hydrogens is 194 g/mol. The van der Waals surface area contributed by atoms with Crippen LogP contribution in [0.2, 0.25) is 0 Å². The van der Waals surface area contributed by atoms with Crippen molar-refractivity contribution in [2.45, 2.75) is 27.7 Å². The second-order valence-corrected chi connectivity index (χ2v) is 3.94. The van der Waals surface area contributed by atoms with E-state index in [1.165, 1.54) is 16.7 Å². The Hall–Kier alpha value is -1.50. The Labute approximate surface area is 99.9 Å². The van der Waals surface area contributed by atoms with Crippen molar-refractivity contribution in [3.8, 4) is 0 Å². The second kappa shape index (κ2) is 7.75. The normalized spacial score (nSPS) is 9.56. The lowest BCUT2D eigenvalue weighted by atomic mass is 10.1. The maximum Gasteiger partial charge on any atom is 0.0261 e. The van der Waals surface area contributed by atoms with E-state index in [9.17, 15) is 0 Å². The number of rotatable bonds is 2. The highest BCUT2D eigenvalue weighted by molar-refractivity contribution is 5.27.